The fraction of sp³-hybridized carbons (Fsp3) is 0.316. The molecule has 20 nitrogen and oxygen atoms in total. The van der Waals surface area contributed by atoms with Gasteiger partial charge in [0.1, 0.15) is 27.0 Å². The number of aromatic nitrogens is 5. The second-order valence-corrected chi connectivity index (χ2v) is 40.0. The number of fused-ring (bicyclic) bond motifs is 5. The van der Waals surface area contributed by atoms with E-state index in [1.54, 1.807) is 43.9 Å². The molecule has 652 valence electrons. The lowest BCUT2D eigenvalue weighted by Gasteiger charge is -2.40. The van der Waals surface area contributed by atoms with Gasteiger partial charge in [-0.05, 0) is 224 Å². The Morgan fingerprint density at radius 3 is 0.896 bits per heavy atom. The Kier molecular flexibility index (Phi) is 33.2. The van der Waals surface area contributed by atoms with E-state index >= 15 is 0 Å². The van der Waals surface area contributed by atoms with Crippen LogP contribution in [0.4, 0.5) is 19.2 Å². The summed E-state index contributed by atoms with van der Waals surface area (Å²) in [5.41, 5.74) is 13.0. The summed E-state index contributed by atoms with van der Waals surface area (Å²) < 4.78 is 25.9. The van der Waals surface area contributed by atoms with Crippen LogP contribution in [0, 0.1) is 0 Å². The standard InChI is InChI=1S/C23H24N2O2.C18H16N2.2C17H19BrN2O2.C9H5Br2N.C8H14INO2.C6H7BO2.ClH/c1-23(2,3)27-22(26)25-14-18(15-25)21-19(16-9-5-4-6-10-16)13-17-11-7-8-12-20(17)24-21;1-2-6-13(7-3-1)16-10-14-8-4-5-9-17(14)20-18(16)15-11-19-12-15;2*1-17(2,3)22-16(21)20-9-12(10-20)15-13(18)8-11-6-4-5-7-14(11)19-15;10-7-5-6-3-1-2-4-8(6)12-9(7)11;1-8(2,3)12-7(11)10-4-6(9)5-10;8-7(9)6-4-2-1-3-5-6;/h4-13,18H,14-15H2,1-3H3;1-10,15,19H,11-12H2;2*4-8,12H,9-10H2,1-3H3;1-5H;6H,4-5H2,1-3H3;1-5,8-9H;1H. The van der Waals surface area contributed by atoms with E-state index in [0.717, 1.165) is 122 Å². The Morgan fingerprint density at radius 2 is 0.608 bits per heavy atom. The van der Waals surface area contributed by atoms with E-state index in [2.05, 4.69) is 194 Å². The SMILES string of the molecule is Brc1cc2ccccc2nc1Br.CC(C)(C)OC(=O)N1CC(I)C1.CC(C)(C)OC(=O)N1CC(c2nc3ccccc3cc2-c2ccccc2)C1.CC(C)(C)OC(=O)N1CC(c2nc3ccccc3cc2Br)C1.CC(C)(C)OC(=O)N1CC(c2nc3ccccc3cc2Br)C1.Cl.OB(O)c1ccccc1.c1ccc(-c2cc3ccccc3nc2C2CNC2)cc1. The van der Waals surface area contributed by atoms with E-state index in [1.165, 1.54) is 22.2 Å². The number of hydrogen-bond donors (Lipinski definition) is 3. The van der Waals surface area contributed by atoms with Crippen LogP contribution in [0.15, 0.2) is 261 Å². The van der Waals surface area contributed by atoms with Crippen molar-refractivity contribution in [2.75, 3.05) is 65.4 Å². The molecule has 10 heterocycles. The summed E-state index contributed by atoms with van der Waals surface area (Å²) in [6, 6.07) is 80.9. The molecule has 18 rings (SSSR count). The lowest BCUT2D eigenvalue weighted by Crippen LogP contribution is -2.52. The van der Waals surface area contributed by atoms with Crippen LogP contribution in [-0.4, -0.2) is 178 Å². The monoisotopic (exact) mass is 2070 g/mol. The number of likely N-dealkylation sites (tertiary alicyclic amines) is 4. The highest BCUT2D eigenvalue weighted by molar-refractivity contribution is 14.1. The van der Waals surface area contributed by atoms with E-state index in [9.17, 15) is 19.2 Å². The van der Waals surface area contributed by atoms with Gasteiger partial charge in [-0.3, -0.25) is 19.9 Å². The van der Waals surface area contributed by atoms with Crippen LogP contribution < -0.4 is 10.8 Å². The molecule has 5 fully saturated rings. The van der Waals surface area contributed by atoms with Crippen molar-refractivity contribution in [3.8, 4) is 22.3 Å². The lowest BCUT2D eigenvalue weighted by atomic mass is 9.81. The van der Waals surface area contributed by atoms with E-state index < -0.39 is 23.9 Å². The maximum atomic E-state index is 12.3. The summed E-state index contributed by atoms with van der Waals surface area (Å²) in [7, 11) is -1.34. The molecule has 13 aromatic rings. The largest absolute Gasteiger partial charge is 0.488 e. The molecule has 0 atom stereocenters. The van der Waals surface area contributed by atoms with Gasteiger partial charge < -0.3 is 53.9 Å². The average Bonchev–Trinajstić information content (AvgIpc) is 0.793. The molecule has 0 unspecified atom stereocenters. The number of benzene rings is 8. The van der Waals surface area contributed by atoms with E-state index in [1.807, 2.05) is 204 Å². The Bertz CT molecular complexity index is 5700. The number of nitrogens with one attached hydrogen (secondary N) is 1. The van der Waals surface area contributed by atoms with Crippen molar-refractivity contribution >= 4 is 190 Å². The number of pyridine rings is 5. The van der Waals surface area contributed by atoms with Gasteiger partial charge in [-0.1, -0.05) is 205 Å². The van der Waals surface area contributed by atoms with Crippen LogP contribution >= 0.6 is 98.7 Å². The number of nitrogens with zero attached hydrogens (tertiary/aromatic N) is 9. The van der Waals surface area contributed by atoms with Crippen LogP contribution in [0.3, 0.4) is 0 Å². The van der Waals surface area contributed by atoms with Crippen molar-refractivity contribution in [2.45, 2.75) is 133 Å². The van der Waals surface area contributed by atoms with Crippen molar-refractivity contribution in [3.63, 3.8) is 0 Å². The van der Waals surface area contributed by atoms with Crippen molar-refractivity contribution in [2.24, 2.45) is 0 Å². The van der Waals surface area contributed by atoms with Gasteiger partial charge in [-0.25, -0.2) is 24.2 Å². The third kappa shape index (κ3) is 27.2. The molecule has 8 aromatic carbocycles. The summed E-state index contributed by atoms with van der Waals surface area (Å²) in [5.74, 6) is 1.27. The predicted octanol–water partition coefficient (Wildman–Crippen LogP) is 23.1. The molecule has 27 heteroatoms. The van der Waals surface area contributed by atoms with Gasteiger partial charge in [0.2, 0.25) is 0 Å². The number of rotatable bonds is 7. The predicted molar refractivity (Wildman–Crippen MR) is 527 cm³/mol. The number of carbonyl (C=O) groups is 4. The molecule has 5 aromatic heterocycles. The van der Waals surface area contributed by atoms with Crippen LogP contribution in [0.5, 0.6) is 0 Å². The summed E-state index contributed by atoms with van der Waals surface area (Å²) >= 11 is 16.3. The number of alkyl halides is 1. The van der Waals surface area contributed by atoms with Crippen LogP contribution in [0.25, 0.3) is 76.8 Å². The third-order valence-corrected chi connectivity index (χ3v) is 24.0. The zero-order valence-corrected chi connectivity index (χ0v) is 81.4. The van der Waals surface area contributed by atoms with Crippen molar-refractivity contribution in [3.05, 3.63) is 283 Å². The highest BCUT2D eigenvalue weighted by Crippen LogP contribution is 2.40. The highest BCUT2D eigenvalue weighted by atomic mass is 127. The number of halogens is 6. The van der Waals surface area contributed by atoms with Crippen molar-refractivity contribution in [1.29, 1.82) is 0 Å². The fourth-order valence-electron chi connectivity index (χ4n) is 13.8. The number of hydrogen-bond acceptors (Lipinski definition) is 16. The topological polar surface area (TPSA) is 235 Å². The normalized spacial score (nSPS) is 14.6. The van der Waals surface area contributed by atoms with Crippen molar-refractivity contribution < 1.29 is 48.2 Å². The van der Waals surface area contributed by atoms with Gasteiger partial charge in [0.25, 0.3) is 0 Å². The molecule has 0 bridgehead atoms. The van der Waals surface area contributed by atoms with Crippen LogP contribution in [0.2, 0.25) is 0 Å². The number of carbonyl (C=O) groups excluding carboxylic acids is 4. The van der Waals surface area contributed by atoms with Gasteiger partial charge in [0, 0.05) is 140 Å². The quantitative estimate of drug-likeness (QED) is 0.0442. The second-order valence-electron chi connectivity index (χ2n) is 34.9. The zero-order chi connectivity index (χ0) is 88.8. The molecule has 0 aliphatic carbocycles. The number of amides is 4. The van der Waals surface area contributed by atoms with Gasteiger partial charge in [0.15, 0.2) is 0 Å². The van der Waals surface area contributed by atoms with Gasteiger partial charge >= 0.3 is 31.5 Å². The maximum absolute atomic E-state index is 12.3. The van der Waals surface area contributed by atoms with Crippen LogP contribution in [0.1, 0.15) is 130 Å². The molecule has 5 aliphatic heterocycles. The molecular formula is C98H105BBr4ClIN10O10. The molecule has 0 radical (unpaired) electrons. The Balaban J connectivity index is 0.000000145. The summed E-state index contributed by atoms with van der Waals surface area (Å²) in [6.45, 7) is 30.2. The Labute approximate surface area is 785 Å². The molecule has 5 aliphatic rings. The van der Waals surface area contributed by atoms with Gasteiger partial charge in [-0.2, -0.15) is 0 Å². The van der Waals surface area contributed by atoms with Gasteiger partial charge in [-0.15, -0.1) is 12.4 Å². The zero-order valence-electron chi connectivity index (χ0n) is 72.1. The van der Waals surface area contributed by atoms with Gasteiger partial charge in [0.05, 0.1) is 54.8 Å². The van der Waals surface area contributed by atoms with E-state index in [-0.39, 0.29) is 60.1 Å². The molecule has 0 saturated carbocycles. The Hall–Kier alpha value is -9.23. The lowest BCUT2D eigenvalue weighted by molar-refractivity contribution is 0.00691. The first-order valence-electron chi connectivity index (χ1n) is 41.3. The molecule has 125 heavy (non-hydrogen) atoms. The second kappa shape index (κ2) is 43.0. The van der Waals surface area contributed by atoms with E-state index in [0.29, 0.717) is 54.6 Å². The molecule has 5 saturated heterocycles. The molecule has 0 spiro atoms. The smallest absolute Gasteiger partial charge is 0.444 e. The van der Waals surface area contributed by atoms with Crippen molar-refractivity contribution in [1.82, 2.24) is 49.8 Å². The summed E-state index contributed by atoms with van der Waals surface area (Å²) in [5, 5.41) is 26.2. The third-order valence-electron chi connectivity index (χ3n) is 20.2. The minimum atomic E-state index is -1.34. The number of ether oxygens (including phenoxy) is 4. The fourth-order valence-corrected chi connectivity index (χ4v) is 16.7. The highest BCUT2D eigenvalue weighted by Gasteiger charge is 2.40. The minimum absolute atomic E-state index is 0. The average molecular weight is 2080 g/mol. The summed E-state index contributed by atoms with van der Waals surface area (Å²) in [6.07, 6.45) is -0.933. The minimum Gasteiger partial charge on any atom is -0.444 e. The first kappa shape index (κ1) is 96.4. The van der Waals surface area contributed by atoms with Crippen LogP contribution in [-0.2, 0) is 18.9 Å². The molecular weight excluding hydrogens is 1970 g/mol. The summed E-state index contributed by atoms with van der Waals surface area (Å²) in [4.78, 5) is 78.2. The number of para-hydroxylation sites is 5. The first-order valence-corrected chi connectivity index (χ1v) is 45.8. The first-order chi connectivity index (χ1) is 58.9. The van der Waals surface area contributed by atoms with E-state index in [4.69, 9.17) is 48.9 Å². The maximum Gasteiger partial charge on any atom is 0.488 e. The Morgan fingerprint density at radius 1 is 0.352 bits per heavy atom. The molecule has 4 amide bonds. The molecule has 3 N–H and O–H groups in total.